The molecule has 1 aliphatic heterocycles. The molecular weight excluding hydrogens is 406 g/mol. The number of rotatable bonds is 7. The van der Waals surface area contributed by atoms with Crippen LogP contribution < -0.4 is 16.2 Å². The molecule has 4 rings (SSSR count). The van der Waals surface area contributed by atoms with Crippen molar-refractivity contribution in [2.24, 2.45) is 12.0 Å². The molecule has 0 spiro atoms. The van der Waals surface area contributed by atoms with E-state index in [-0.39, 0.29) is 12.0 Å². The molecule has 1 unspecified atom stereocenters. The fourth-order valence-corrected chi connectivity index (χ4v) is 3.81. The maximum atomic E-state index is 13.1. The first-order chi connectivity index (χ1) is 15.5. The van der Waals surface area contributed by atoms with E-state index in [1.54, 1.807) is 13.1 Å². The van der Waals surface area contributed by atoms with Gasteiger partial charge in [0.05, 0.1) is 29.8 Å². The van der Waals surface area contributed by atoms with E-state index >= 15 is 0 Å². The summed E-state index contributed by atoms with van der Waals surface area (Å²) >= 11 is 0. The molecule has 0 radical (unpaired) electrons. The molecule has 0 fully saturated rings. The number of carboxylic acid groups (broad SMARTS) is 1. The molecule has 32 heavy (non-hydrogen) atoms. The van der Waals surface area contributed by atoms with E-state index in [1.165, 1.54) is 4.57 Å². The molecule has 8 nitrogen and oxygen atoms in total. The molecule has 0 aliphatic carbocycles. The van der Waals surface area contributed by atoms with E-state index in [0.717, 1.165) is 30.2 Å². The lowest BCUT2D eigenvalue weighted by Gasteiger charge is -2.18. The number of aliphatic imine (C=N–C) groups is 1. The Morgan fingerprint density at radius 1 is 1.28 bits per heavy atom. The van der Waals surface area contributed by atoms with Gasteiger partial charge in [0.2, 0.25) is 0 Å². The zero-order valence-electron chi connectivity index (χ0n) is 17.8. The first-order valence-electron chi connectivity index (χ1n) is 10.5. The monoisotopic (exact) mass is 431 g/mol. The van der Waals surface area contributed by atoms with E-state index in [2.05, 4.69) is 15.6 Å². The number of benzene rings is 2. The minimum Gasteiger partial charge on any atom is -0.481 e. The molecule has 0 saturated carbocycles. The minimum atomic E-state index is -0.943. The van der Waals surface area contributed by atoms with E-state index in [1.807, 2.05) is 54.6 Å². The Morgan fingerprint density at radius 2 is 2.09 bits per heavy atom. The number of nitrogens with zero attached hydrogens (tertiary/aromatic N) is 3. The minimum absolute atomic E-state index is 0.149. The Balaban J connectivity index is 1.64. The molecule has 0 amide bonds. The van der Waals surface area contributed by atoms with Crippen LogP contribution in [0, 0.1) is 0 Å². The van der Waals surface area contributed by atoms with Crippen LogP contribution in [0.25, 0.3) is 17.0 Å². The van der Waals surface area contributed by atoms with Gasteiger partial charge in [-0.2, -0.15) is 0 Å². The number of carboxylic acids is 1. The van der Waals surface area contributed by atoms with Gasteiger partial charge in [0.15, 0.2) is 5.96 Å². The number of carbonyl (C=O) groups is 1. The van der Waals surface area contributed by atoms with Gasteiger partial charge in [-0.25, -0.2) is 4.98 Å². The van der Waals surface area contributed by atoms with Gasteiger partial charge in [0.25, 0.3) is 5.56 Å². The fourth-order valence-electron chi connectivity index (χ4n) is 3.81. The second-order valence-corrected chi connectivity index (χ2v) is 7.61. The first kappa shape index (κ1) is 21.3. The highest BCUT2D eigenvalue weighted by atomic mass is 16.4. The number of hydrogen-bond donors (Lipinski definition) is 3. The Hall–Kier alpha value is -3.94. The van der Waals surface area contributed by atoms with Gasteiger partial charge in [-0.1, -0.05) is 48.6 Å². The Kier molecular flexibility index (Phi) is 6.30. The van der Waals surface area contributed by atoms with Crippen molar-refractivity contribution in [2.45, 2.75) is 12.3 Å². The third kappa shape index (κ3) is 4.69. The van der Waals surface area contributed by atoms with Crippen molar-refractivity contribution in [3.63, 3.8) is 0 Å². The topological polar surface area (TPSA) is 109 Å². The average Bonchev–Trinajstić information content (AvgIpc) is 3.32. The maximum Gasteiger partial charge on any atom is 0.304 e. The van der Waals surface area contributed by atoms with Crippen LogP contribution in [0.15, 0.2) is 64.4 Å². The third-order valence-corrected chi connectivity index (χ3v) is 5.40. The molecule has 164 valence electrons. The summed E-state index contributed by atoms with van der Waals surface area (Å²) in [6, 6.07) is 14.8. The average molecular weight is 431 g/mol. The number of nitrogens with one attached hydrogen (secondary N) is 2. The van der Waals surface area contributed by atoms with Crippen molar-refractivity contribution in [3.8, 4) is 0 Å². The first-order valence-corrected chi connectivity index (χ1v) is 10.5. The molecule has 0 bridgehead atoms. The molecule has 2 heterocycles. The maximum absolute atomic E-state index is 13.1. The number of guanidine groups is 1. The van der Waals surface area contributed by atoms with Crippen LogP contribution in [0.4, 0.5) is 0 Å². The molecule has 1 atom stereocenters. The van der Waals surface area contributed by atoms with Crippen LogP contribution in [0.1, 0.15) is 29.3 Å². The van der Waals surface area contributed by atoms with Gasteiger partial charge >= 0.3 is 5.97 Å². The van der Waals surface area contributed by atoms with Crippen molar-refractivity contribution in [3.05, 3.63) is 81.9 Å². The molecule has 8 heteroatoms. The van der Waals surface area contributed by atoms with E-state index in [9.17, 15) is 14.7 Å². The third-order valence-electron chi connectivity index (χ3n) is 5.40. The van der Waals surface area contributed by atoms with Crippen molar-refractivity contribution in [1.82, 2.24) is 20.2 Å². The SMILES string of the molecule is Cn1c(C(CC(=O)O)c2ccccc2)nc2ccc(/C=C/CNC3=NCCN3)cc2c1=O. The zero-order chi connectivity index (χ0) is 22.5. The molecule has 1 aliphatic rings. The molecule has 0 saturated heterocycles. The second-order valence-electron chi connectivity index (χ2n) is 7.61. The highest BCUT2D eigenvalue weighted by Crippen LogP contribution is 2.27. The van der Waals surface area contributed by atoms with Crippen molar-refractivity contribution >= 4 is 28.9 Å². The summed E-state index contributed by atoms with van der Waals surface area (Å²) in [5.41, 5.74) is 2.05. The quantitative estimate of drug-likeness (QED) is 0.529. The molecule has 2 aromatic carbocycles. The van der Waals surface area contributed by atoms with Crippen LogP contribution in [-0.4, -0.2) is 46.2 Å². The lowest BCUT2D eigenvalue weighted by molar-refractivity contribution is -0.137. The van der Waals surface area contributed by atoms with Crippen LogP contribution in [0.3, 0.4) is 0 Å². The van der Waals surface area contributed by atoms with Gasteiger partial charge in [-0.3, -0.25) is 19.1 Å². The Labute approximate surface area is 185 Å². The summed E-state index contributed by atoms with van der Waals surface area (Å²) in [5.74, 6) is -0.226. The standard InChI is InChI=1S/C24H25N5O3/c1-29-22(18(15-21(30)31)17-7-3-2-4-8-17)28-20-10-9-16(14-19(20)23(29)32)6-5-11-25-24-26-12-13-27-24/h2-10,14,18H,11-13,15H2,1H3,(H,30,31)(H2,25,26,27)/b6-5+. The number of aromatic nitrogens is 2. The molecule has 3 aromatic rings. The van der Waals surface area contributed by atoms with Crippen LogP contribution >= 0.6 is 0 Å². The Morgan fingerprint density at radius 3 is 2.81 bits per heavy atom. The zero-order valence-corrected chi connectivity index (χ0v) is 17.8. The summed E-state index contributed by atoms with van der Waals surface area (Å²) in [6.07, 6.45) is 3.75. The van der Waals surface area contributed by atoms with E-state index in [4.69, 9.17) is 4.98 Å². The summed E-state index contributed by atoms with van der Waals surface area (Å²) in [7, 11) is 1.64. The number of fused-ring (bicyclic) bond motifs is 1. The van der Waals surface area contributed by atoms with Gasteiger partial charge < -0.3 is 15.7 Å². The van der Waals surface area contributed by atoms with Gasteiger partial charge in [0.1, 0.15) is 5.82 Å². The van der Waals surface area contributed by atoms with Crippen LogP contribution in [-0.2, 0) is 11.8 Å². The van der Waals surface area contributed by atoms with Crippen molar-refractivity contribution in [1.29, 1.82) is 0 Å². The smallest absolute Gasteiger partial charge is 0.304 e. The lowest BCUT2D eigenvalue weighted by atomic mass is 9.94. The van der Waals surface area contributed by atoms with Crippen LogP contribution in [0.5, 0.6) is 0 Å². The normalized spacial score (nSPS) is 14.3. The van der Waals surface area contributed by atoms with Crippen molar-refractivity contribution < 1.29 is 9.90 Å². The fraction of sp³-hybridized carbons (Fsp3) is 0.250. The van der Waals surface area contributed by atoms with Crippen molar-refractivity contribution in [2.75, 3.05) is 19.6 Å². The number of aliphatic carboxylic acids is 1. The predicted molar refractivity (Wildman–Crippen MR) is 125 cm³/mol. The predicted octanol–water partition coefficient (Wildman–Crippen LogP) is 2.10. The van der Waals surface area contributed by atoms with Gasteiger partial charge in [-0.15, -0.1) is 0 Å². The van der Waals surface area contributed by atoms with Crippen LogP contribution in [0.2, 0.25) is 0 Å². The lowest BCUT2D eigenvalue weighted by Crippen LogP contribution is -2.33. The second kappa shape index (κ2) is 9.47. The number of hydrogen-bond acceptors (Lipinski definition) is 6. The highest BCUT2D eigenvalue weighted by Gasteiger charge is 2.23. The Bertz CT molecular complexity index is 1250. The molecule has 1 aromatic heterocycles. The molecule has 3 N–H and O–H groups in total. The highest BCUT2D eigenvalue weighted by molar-refractivity contribution is 5.82. The van der Waals surface area contributed by atoms with Gasteiger partial charge in [0, 0.05) is 20.1 Å². The summed E-state index contributed by atoms with van der Waals surface area (Å²) in [6.45, 7) is 2.26. The van der Waals surface area contributed by atoms with E-state index in [0.29, 0.717) is 23.3 Å². The largest absolute Gasteiger partial charge is 0.481 e. The molecular formula is C24H25N5O3. The van der Waals surface area contributed by atoms with E-state index < -0.39 is 11.9 Å². The van der Waals surface area contributed by atoms with Gasteiger partial charge in [-0.05, 0) is 23.3 Å². The summed E-state index contributed by atoms with van der Waals surface area (Å²) in [5, 5.41) is 16.3. The summed E-state index contributed by atoms with van der Waals surface area (Å²) in [4.78, 5) is 33.6. The summed E-state index contributed by atoms with van der Waals surface area (Å²) < 4.78 is 1.46.